The lowest BCUT2D eigenvalue weighted by atomic mass is 10.3. The Balaban J connectivity index is 2.55. The maximum Gasteiger partial charge on any atom is 0.175 e. The van der Waals surface area contributed by atoms with Gasteiger partial charge in [0.15, 0.2) is 5.82 Å². The van der Waals surface area contributed by atoms with Crippen molar-refractivity contribution in [2.75, 3.05) is 0 Å². The second-order valence-corrected chi connectivity index (χ2v) is 2.19. The van der Waals surface area contributed by atoms with Gasteiger partial charge in [0.05, 0.1) is 6.54 Å². The van der Waals surface area contributed by atoms with Gasteiger partial charge in [0, 0.05) is 0 Å². The molecule has 1 aromatic heterocycles. The fourth-order valence-electron chi connectivity index (χ4n) is 0.930. The van der Waals surface area contributed by atoms with Crippen LogP contribution in [0.4, 0.5) is 0 Å². The molecule has 1 aliphatic rings. The minimum absolute atomic E-state index is 0.850. The predicted octanol–water partition coefficient (Wildman–Crippen LogP) is 0.0900. The molecule has 0 bridgehead atoms. The Bertz CT molecular complexity index is 260. The maximum atomic E-state index is 3.77. The highest BCUT2D eigenvalue weighted by Gasteiger charge is 2.09. The zero-order valence-corrected chi connectivity index (χ0v) is 5.07. The van der Waals surface area contributed by atoms with Crippen LogP contribution in [0.1, 0.15) is 12.7 Å². The van der Waals surface area contributed by atoms with Crippen LogP contribution < -0.4 is 0 Å². The van der Waals surface area contributed by atoms with E-state index < -0.39 is 0 Å². The molecule has 0 spiro atoms. The molecule has 1 aromatic rings. The second kappa shape index (κ2) is 1.40. The zero-order chi connectivity index (χ0) is 6.27. The lowest BCUT2D eigenvalue weighted by Crippen LogP contribution is -1.96. The summed E-state index contributed by atoms with van der Waals surface area (Å²) < 4.78 is 1.77. The Kier molecular flexibility index (Phi) is 0.726. The lowest BCUT2D eigenvalue weighted by molar-refractivity contribution is 0.653. The minimum atomic E-state index is 0.850. The molecule has 0 saturated carbocycles. The number of tetrazole rings is 1. The van der Waals surface area contributed by atoms with Crippen LogP contribution in [0.2, 0.25) is 0 Å². The Hall–Kier alpha value is -1.19. The van der Waals surface area contributed by atoms with Gasteiger partial charge in [-0.3, -0.25) is 0 Å². The van der Waals surface area contributed by atoms with E-state index in [2.05, 4.69) is 22.4 Å². The monoisotopic (exact) mass is 122 g/mol. The molecule has 0 saturated heterocycles. The highest BCUT2D eigenvalue weighted by atomic mass is 15.5. The van der Waals surface area contributed by atoms with Crippen LogP contribution in [0.5, 0.6) is 0 Å². The van der Waals surface area contributed by atoms with Crippen molar-refractivity contribution < 1.29 is 0 Å². The van der Waals surface area contributed by atoms with Crippen LogP contribution in [-0.4, -0.2) is 20.2 Å². The fourth-order valence-corrected chi connectivity index (χ4v) is 0.930. The van der Waals surface area contributed by atoms with Crippen molar-refractivity contribution >= 4 is 6.08 Å². The summed E-state index contributed by atoms with van der Waals surface area (Å²) in [6.45, 7) is 2.90. The number of nitrogens with zero attached hydrogens (tertiary/aromatic N) is 4. The Morgan fingerprint density at radius 1 is 1.67 bits per heavy atom. The van der Waals surface area contributed by atoms with Gasteiger partial charge in [-0.05, 0) is 29.0 Å². The summed E-state index contributed by atoms with van der Waals surface area (Å²) in [5, 5.41) is 11.0. The third-order valence-corrected chi connectivity index (χ3v) is 1.33. The molecular weight excluding hydrogens is 116 g/mol. The summed E-state index contributed by atoms with van der Waals surface area (Å²) in [5.41, 5.74) is 1.28. The van der Waals surface area contributed by atoms with Gasteiger partial charge in [-0.2, -0.15) is 0 Å². The number of hydrogen-bond acceptors (Lipinski definition) is 3. The smallest absolute Gasteiger partial charge is 0.175 e. The van der Waals surface area contributed by atoms with E-state index in [1.165, 1.54) is 5.57 Å². The van der Waals surface area contributed by atoms with E-state index in [0.29, 0.717) is 0 Å². The van der Waals surface area contributed by atoms with E-state index >= 15 is 0 Å². The van der Waals surface area contributed by atoms with Crippen LogP contribution in [0.25, 0.3) is 6.08 Å². The van der Waals surface area contributed by atoms with Gasteiger partial charge >= 0.3 is 0 Å². The van der Waals surface area contributed by atoms with E-state index in [0.717, 1.165) is 12.4 Å². The Labute approximate surface area is 52.2 Å². The number of rotatable bonds is 0. The standard InChI is InChI=1S/C5H6N4/c1-4-2-5-6-7-8-9(5)3-4/h2H,3H2,1H3. The molecule has 46 valence electrons. The van der Waals surface area contributed by atoms with Crippen LogP contribution >= 0.6 is 0 Å². The molecule has 4 heteroatoms. The van der Waals surface area contributed by atoms with E-state index in [-0.39, 0.29) is 0 Å². The topological polar surface area (TPSA) is 43.6 Å². The number of aromatic nitrogens is 4. The van der Waals surface area contributed by atoms with Gasteiger partial charge in [-0.25, -0.2) is 4.68 Å². The molecule has 2 rings (SSSR count). The maximum absolute atomic E-state index is 3.77. The first kappa shape index (κ1) is 4.67. The lowest BCUT2D eigenvalue weighted by Gasteiger charge is -1.88. The van der Waals surface area contributed by atoms with Crippen LogP contribution in [0, 0.1) is 0 Å². The Morgan fingerprint density at radius 3 is 3.33 bits per heavy atom. The average molecular weight is 122 g/mol. The fraction of sp³-hybridized carbons (Fsp3) is 0.400. The number of allylic oxidation sites excluding steroid dienone is 1. The first-order valence-electron chi connectivity index (χ1n) is 2.79. The SMILES string of the molecule is CC1=Cc2nnnn2C1. The molecule has 0 aromatic carbocycles. The molecule has 2 heterocycles. The highest BCUT2D eigenvalue weighted by Crippen LogP contribution is 2.11. The largest absolute Gasteiger partial charge is 0.222 e. The molecule has 1 aliphatic heterocycles. The molecule has 0 N–H and O–H groups in total. The quantitative estimate of drug-likeness (QED) is 0.489. The van der Waals surface area contributed by atoms with Crippen molar-refractivity contribution in [2.45, 2.75) is 13.5 Å². The van der Waals surface area contributed by atoms with Gasteiger partial charge in [0.1, 0.15) is 0 Å². The highest BCUT2D eigenvalue weighted by molar-refractivity contribution is 5.47. The summed E-state index contributed by atoms with van der Waals surface area (Å²) in [6, 6.07) is 0. The summed E-state index contributed by atoms with van der Waals surface area (Å²) in [7, 11) is 0. The average Bonchev–Trinajstić information content (AvgIpc) is 2.22. The van der Waals surface area contributed by atoms with Crippen molar-refractivity contribution in [1.29, 1.82) is 0 Å². The first-order chi connectivity index (χ1) is 4.36. The summed E-state index contributed by atoms with van der Waals surface area (Å²) in [6.07, 6.45) is 1.99. The van der Waals surface area contributed by atoms with Crippen molar-refractivity contribution in [3.63, 3.8) is 0 Å². The zero-order valence-electron chi connectivity index (χ0n) is 5.07. The molecule has 0 aliphatic carbocycles. The van der Waals surface area contributed by atoms with Crippen molar-refractivity contribution in [1.82, 2.24) is 20.2 Å². The third kappa shape index (κ3) is 0.558. The van der Waals surface area contributed by atoms with Crippen LogP contribution in [-0.2, 0) is 6.54 Å². The predicted molar refractivity (Wildman–Crippen MR) is 31.5 cm³/mol. The molecule has 0 unspecified atom stereocenters. The molecule has 0 atom stereocenters. The van der Waals surface area contributed by atoms with E-state index in [9.17, 15) is 0 Å². The van der Waals surface area contributed by atoms with E-state index in [1.54, 1.807) is 4.68 Å². The second-order valence-electron chi connectivity index (χ2n) is 2.19. The minimum Gasteiger partial charge on any atom is -0.222 e. The van der Waals surface area contributed by atoms with Crippen LogP contribution in [0.3, 0.4) is 0 Å². The number of hydrogen-bond donors (Lipinski definition) is 0. The van der Waals surface area contributed by atoms with Crippen molar-refractivity contribution in [3.05, 3.63) is 11.4 Å². The molecule has 0 fully saturated rings. The van der Waals surface area contributed by atoms with Gasteiger partial charge in [0.2, 0.25) is 0 Å². The van der Waals surface area contributed by atoms with Gasteiger partial charge in [0.25, 0.3) is 0 Å². The molecule has 0 radical (unpaired) electrons. The molecule has 0 amide bonds. The van der Waals surface area contributed by atoms with Crippen molar-refractivity contribution in [3.8, 4) is 0 Å². The summed E-state index contributed by atoms with van der Waals surface area (Å²) >= 11 is 0. The van der Waals surface area contributed by atoms with Gasteiger partial charge in [-0.15, -0.1) is 5.10 Å². The summed E-state index contributed by atoms with van der Waals surface area (Å²) in [5.74, 6) is 0.868. The van der Waals surface area contributed by atoms with Crippen LogP contribution in [0.15, 0.2) is 5.57 Å². The van der Waals surface area contributed by atoms with E-state index in [1.807, 2.05) is 6.08 Å². The molecular formula is C5H6N4. The van der Waals surface area contributed by atoms with Crippen molar-refractivity contribution in [2.24, 2.45) is 0 Å². The van der Waals surface area contributed by atoms with Gasteiger partial charge in [-0.1, -0.05) is 0 Å². The summed E-state index contributed by atoms with van der Waals surface area (Å²) in [4.78, 5) is 0. The van der Waals surface area contributed by atoms with Gasteiger partial charge < -0.3 is 0 Å². The third-order valence-electron chi connectivity index (χ3n) is 1.33. The normalized spacial score (nSPS) is 15.4. The number of fused-ring (bicyclic) bond motifs is 1. The Morgan fingerprint density at radius 2 is 2.56 bits per heavy atom. The molecule has 4 nitrogen and oxygen atoms in total. The van der Waals surface area contributed by atoms with E-state index in [4.69, 9.17) is 0 Å². The first-order valence-corrected chi connectivity index (χ1v) is 2.79. The molecule has 9 heavy (non-hydrogen) atoms.